The molecular formula is C18H20F3N3O3. The summed E-state index contributed by atoms with van der Waals surface area (Å²) in [5.41, 5.74) is -1.17. The van der Waals surface area contributed by atoms with Crippen LogP contribution in [0.15, 0.2) is 23.0 Å². The predicted octanol–water partition coefficient (Wildman–Crippen LogP) is 2.18. The van der Waals surface area contributed by atoms with Crippen LogP contribution in [0.25, 0.3) is 10.8 Å². The van der Waals surface area contributed by atoms with Crippen molar-refractivity contribution in [2.45, 2.75) is 57.5 Å². The lowest BCUT2D eigenvalue weighted by atomic mass is 9.89. The molecule has 0 saturated heterocycles. The molecule has 1 saturated carbocycles. The van der Waals surface area contributed by atoms with Crippen molar-refractivity contribution in [2.75, 3.05) is 0 Å². The van der Waals surface area contributed by atoms with E-state index in [2.05, 4.69) is 10.4 Å². The topological polar surface area (TPSA) is 84.2 Å². The van der Waals surface area contributed by atoms with Gasteiger partial charge in [-0.2, -0.15) is 18.3 Å². The number of aliphatic hydroxyl groups excluding tert-OH is 1. The van der Waals surface area contributed by atoms with Crippen molar-refractivity contribution >= 4 is 16.7 Å². The van der Waals surface area contributed by atoms with Gasteiger partial charge in [-0.25, -0.2) is 4.68 Å². The largest absolute Gasteiger partial charge is 0.416 e. The molecule has 0 spiro atoms. The quantitative estimate of drug-likeness (QED) is 0.848. The van der Waals surface area contributed by atoms with E-state index >= 15 is 0 Å². The summed E-state index contributed by atoms with van der Waals surface area (Å²) in [5, 5.41) is 16.5. The monoisotopic (exact) mass is 383 g/mol. The Morgan fingerprint density at radius 2 is 2.04 bits per heavy atom. The van der Waals surface area contributed by atoms with Gasteiger partial charge in [0, 0.05) is 5.39 Å². The number of benzene rings is 1. The van der Waals surface area contributed by atoms with Crippen molar-refractivity contribution in [2.24, 2.45) is 0 Å². The molecule has 1 aliphatic carbocycles. The molecule has 1 amide bonds. The third-order valence-corrected chi connectivity index (χ3v) is 4.74. The maximum absolute atomic E-state index is 13.0. The number of aromatic nitrogens is 2. The van der Waals surface area contributed by atoms with Gasteiger partial charge in [0.05, 0.1) is 28.8 Å². The number of halogens is 3. The van der Waals surface area contributed by atoms with Gasteiger partial charge in [-0.1, -0.05) is 13.8 Å². The van der Waals surface area contributed by atoms with Crippen LogP contribution in [-0.4, -0.2) is 32.9 Å². The number of fused-ring (bicyclic) bond motifs is 1. The fourth-order valence-electron chi connectivity index (χ4n) is 3.06. The van der Waals surface area contributed by atoms with E-state index in [-0.39, 0.29) is 29.3 Å². The zero-order chi connectivity index (χ0) is 19.9. The highest BCUT2D eigenvalue weighted by Gasteiger charge is 2.32. The number of carbonyl (C=O) groups is 1. The van der Waals surface area contributed by atoms with Crippen LogP contribution in [0.4, 0.5) is 13.2 Å². The van der Waals surface area contributed by atoms with Gasteiger partial charge in [-0.15, -0.1) is 0 Å². The number of amides is 1. The lowest BCUT2D eigenvalue weighted by molar-refractivity contribution is -0.137. The molecule has 0 radical (unpaired) electrons. The minimum atomic E-state index is -4.53. The molecule has 1 aromatic heterocycles. The van der Waals surface area contributed by atoms with E-state index in [0.717, 1.165) is 22.9 Å². The molecule has 3 rings (SSSR count). The van der Waals surface area contributed by atoms with Crippen LogP contribution in [0.2, 0.25) is 0 Å². The Balaban J connectivity index is 2.00. The summed E-state index contributed by atoms with van der Waals surface area (Å²) in [6, 6.07) is 2.56. The van der Waals surface area contributed by atoms with Gasteiger partial charge < -0.3 is 10.4 Å². The van der Waals surface area contributed by atoms with Crippen molar-refractivity contribution in [3.63, 3.8) is 0 Å². The first-order valence-electron chi connectivity index (χ1n) is 8.67. The van der Waals surface area contributed by atoms with Crippen molar-refractivity contribution < 1.29 is 23.1 Å². The second-order valence-corrected chi connectivity index (χ2v) is 7.08. The third-order valence-electron chi connectivity index (χ3n) is 4.74. The molecule has 6 nitrogen and oxygen atoms in total. The average Bonchev–Trinajstić information content (AvgIpc) is 2.59. The molecule has 0 aliphatic heterocycles. The van der Waals surface area contributed by atoms with Crippen molar-refractivity contribution in [1.82, 2.24) is 15.1 Å². The predicted molar refractivity (Wildman–Crippen MR) is 92.3 cm³/mol. The number of aliphatic hydroxyl groups is 1. The third kappa shape index (κ3) is 3.83. The van der Waals surface area contributed by atoms with E-state index < -0.39 is 29.3 Å². The van der Waals surface area contributed by atoms with E-state index in [0.29, 0.717) is 18.5 Å². The maximum Gasteiger partial charge on any atom is 0.416 e. The lowest BCUT2D eigenvalue weighted by Crippen LogP contribution is -2.51. The first-order chi connectivity index (χ1) is 12.6. The van der Waals surface area contributed by atoms with Crippen LogP contribution >= 0.6 is 0 Å². The number of hydrogen-bond acceptors (Lipinski definition) is 4. The van der Waals surface area contributed by atoms with E-state index in [1.165, 1.54) is 0 Å². The summed E-state index contributed by atoms with van der Waals surface area (Å²) < 4.78 is 40.0. The molecule has 2 N–H and O–H groups in total. The zero-order valence-electron chi connectivity index (χ0n) is 14.9. The molecule has 1 heterocycles. The fraction of sp³-hybridized carbons (Fsp3) is 0.500. The second kappa shape index (κ2) is 6.95. The van der Waals surface area contributed by atoms with Gasteiger partial charge in [-0.05, 0) is 37.0 Å². The number of alkyl halides is 3. The fourth-order valence-corrected chi connectivity index (χ4v) is 3.06. The molecule has 0 bridgehead atoms. The summed E-state index contributed by atoms with van der Waals surface area (Å²) >= 11 is 0. The normalized spacial score (nSPS) is 20.0. The molecule has 1 fully saturated rings. The van der Waals surface area contributed by atoms with Gasteiger partial charge >= 0.3 is 6.18 Å². The summed E-state index contributed by atoms with van der Waals surface area (Å²) in [6.07, 6.45) is -3.86. The molecule has 146 valence electrons. The molecule has 2 aromatic rings. The van der Waals surface area contributed by atoms with Gasteiger partial charge in [0.15, 0.2) is 0 Å². The minimum Gasteiger partial charge on any atom is -0.391 e. The number of nitrogens with zero attached hydrogens (tertiary/aromatic N) is 2. The van der Waals surface area contributed by atoms with Crippen molar-refractivity contribution in [3.8, 4) is 0 Å². The molecule has 0 unspecified atom stereocenters. The highest BCUT2D eigenvalue weighted by Crippen LogP contribution is 2.32. The standard InChI is InChI=1S/C18H20F3N3O3/c1-9(2)16-12-7-10(18(19,20)21)3-4-11(12)17(27)24(23-16)8-15(26)22-13-5-6-14(13)25/h3-4,7,9,13-14,25H,5-6,8H2,1-2H3,(H,22,26)/t13-,14+/m0/s1. The number of carbonyl (C=O) groups excluding carboxylic acids is 1. The summed E-state index contributed by atoms with van der Waals surface area (Å²) in [7, 11) is 0. The SMILES string of the molecule is CC(C)c1nn(CC(=O)N[C@H]2CC[C@H]2O)c(=O)c2ccc(C(F)(F)F)cc12. The minimum absolute atomic E-state index is 0.0816. The van der Waals surface area contributed by atoms with Gasteiger partial charge in [0.1, 0.15) is 6.54 Å². The molecule has 1 aliphatic rings. The first-order valence-corrected chi connectivity index (χ1v) is 8.67. The molecule has 2 atom stereocenters. The first kappa shape index (κ1) is 19.3. The van der Waals surface area contributed by atoms with Gasteiger partial charge in [0.2, 0.25) is 5.91 Å². The number of nitrogens with one attached hydrogen (secondary N) is 1. The highest BCUT2D eigenvalue weighted by molar-refractivity contribution is 5.85. The Labute approximate surface area is 153 Å². The van der Waals surface area contributed by atoms with Crippen LogP contribution in [0, 0.1) is 0 Å². The Kier molecular flexibility index (Phi) is 4.98. The Morgan fingerprint density at radius 3 is 2.56 bits per heavy atom. The Morgan fingerprint density at radius 1 is 1.33 bits per heavy atom. The number of rotatable bonds is 4. The molecule has 27 heavy (non-hydrogen) atoms. The summed E-state index contributed by atoms with van der Waals surface area (Å²) in [5.74, 6) is -0.728. The van der Waals surface area contributed by atoms with Crippen molar-refractivity contribution in [3.05, 3.63) is 39.8 Å². The van der Waals surface area contributed by atoms with Crippen LogP contribution in [-0.2, 0) is 17.5 Å². The molecular weight excluding hydrogens is 363 g/mol. The summed E-state index contributed by atoms with van der Waals surface area (Å²) in [4.78, 5) is 24.8. The van der Waals surface area contributed by atoms with Crippen LogP contribution < -0.4 is 10.9 Å². The van der Waals surface area contributed by atoms with E-state index in [1.54, 1.807) is 13.8 Å². The highest BCUT2D eigenvalue weighted by atomic mass is 19.4. The lowest BCUT2D eigenvalue weighted by Gasteiger charge is -2.32. The Hall–Kier alpha value is -2.42. The van der Waals surface area contributed by atoms with Crippen LogP contribution in [0.5, 0.6) is 0 Å². The smallest absolute Gasteiger partial charge is 0.391 e. The van der Waals surface area contributed by atoms with Gasteiger partial charge in [0.25, 0.3) is 5.56 Å². The summed E-state index contributed by atoms with van der Waals surface area (Å²) in [6.45, 7) is 3.14. The second-order valence-electron chi connectivity index (χ2n) is 7.08. The van der Waals surface area contributed by atoms with E-state index in [1.807, 2.05) is 0 Å². The molecule has 1 aromatic carbocycles. The Bertz CT molecular complexity index is 937. The van der Waals surface area contributed by atoms with Gasteiger partial charge in [-0.3, -0.25) is 9.59 Å². The van der Waals surface area contributed by atoms with Crippen LogP contribution in [0.1, 0.15) is 43.9 Å². The van der Waals surface area contributed by atoms with E-state index in [4.69, 9.17) is 0 Å². The average molecular weight is 383 g/mol. The van der Waals surface area contributed by atoms with Crippen LogP contribution in [0.3, 0.4) is 0 Å². The maximum atomic E-state index is 13.0. The molecule has 9 heteroatoms. The number of hydrogen-bond donors (Lipinski definition) is 2. The van der Waals surface area contributed by atoms with Crippen molar-refractivity contribution in [1.29, 1.82) is 0 Å². The van der Waals surface area contributed by atoms with E-state index in [9.17, 15) is 27.9 Å². The zero-order valence-corrected chi connectivity index (χ0v) is 14.9.